The van der Waals surface area contributed by atoms with Gasteiger partial charge in [-0.3, -0.25) is 0 Å². The first-order valence-corrected chi connectivity index (χ1v) is 6.28. The summed E-state index contributed by atoms with van der Waals surface area (Å²) in [6.45, 7) is 15.3. The van der Waals surface area contributed by atoms with Gasteiger partial charge in [0.2, 0.25) is 0 Å². The number of carbonyl (C=O) groups excluding carboxylic acids is 1. The van der Waals surface area contributed by atoms with Crippen molar-refractivity contribution in [2.45, 2.75) is 33.6 Å². The van der Waals surface area contributed by atoms with Crippen molar-refractivity contribution in [1.29, 1.82) is 0 Å². The van der Waals surface area contributed by atoms with Gasteiger partial charge in [-0.05, 0) is 33.6 Å². The fraction of sp³-hybridized carbons (Fsp3) is 0.769. The number of hydrogen-bond acceptors (Lipinski definition) is 2. The van der Waals surface area contributed by atoms with Crippen molar-refractivity contribution < 1.29 is 14.0 Å². The smallest absolute Gasteiger partial charge is 0.330 e. The number of esters is 1. The highest BCUT2D eigenvalue weighted by Gasteiger charge is 2.19. The molecule has 0 rings (SSSR count). The predicted octanol–water partition coefficient (Wildman–Crippen LogP) is 2.37. The molecule has 94 valence electrons. The second kappa shape index (κ2) is 8.34. The number of nitrogens with zero attached hydrogens (tertiary/aromatic N) is 1. The largest absolute Gasteiger partial charge is 0.463 e. The summed E-state index contributed by atoms with van der Waals surface area (Å²) >= 11 is 0. The molecule has 0 fully saturated rings. The molecule has 16 heavy (non-hydrogen) atoms. The highest BCUT2D eigenvalue weighted by Crippen LogP contribution is 2.08. The predicted molar refractivity (Wildman–Crippen MR) is 67.1 cm³/mol. The molecule has 0 aromatic rings. The number of rotatable bonds is 9. The Bertz CT molecular complexity index is 202. The average Bonchev–Trinajstić information content (AvgIpc) is 2.34. The van der Waals surface area contributed by atoms with Crippen LogP contribution >= 0.6 is 0 Å². The zero-order valence-electron chi connectivity index (χ0n) is 11.0. The van der Waals surface area contributed by atoms with Crippen LogP contribution in [0, 0.1) is 0 Å². The van der Waals surface area contributed by atoms with Crippen molar-refractivity contribution >= 4 is 5.97 Å². The number of ether oxygens (including phenoxy) is 1. The summed E-state index contributed by atoms with van der Waals surface area (Å²) in [5, 5.41) is 0. The molecule has 3 nitrogen and oxygen atoms in total. The Balaban J connectivity index is 3.71. The summed E-state index contributed by atoms with van der Waals surface area (Å²) in [5.41, 5.74) is 0. The molecule has 0 aliphatic rings. The van der Waals surface area contributed by atoms with E-state index in [1.165, 1.54) is 32.3 Å². The molecule has 0 saturated carbocycles. The van der Waals surface area contributed by atoms with Crippen molar-refractivity contribution in [3.63, 3.8) is 0 Å². The Morgan fingerprint density at radius 2 is 1.75 bits per heavy atom. The summed E-state index contributed by atoms with van der Waals surface area (Å²) in [7, 11) is 0. The van der Waals surface area contributed by atoms with Gasteiger partial charge in [-0.1, -0.05) is 6.58 Å². The van der Waals surface area contributed by atoms with Crippen LogP contribution in [0.1, 0.15) is 33.6 Å². The molecule has 0 aromatic carbocycles. The summed E-state index contributed by atoms with van der Waals surface area (Å²) in [4.78, 5) is 10.8. The van der Waals surface area contributed by atoms with E-state index >= 15 is 0 Å². The van der Waals surface area contributed by atoms with Crippen LogP contribution in [-0.4, -0.2) is 43.2 Å². The van der Waals surface area contributed by atoms with E-state index in [1.54, 1.807) is 0 Å². The van der Waals surface area contributed by atoms with E-state index in [2.05, 4.69) is 27.4 Å². The van der Waals surface area contributed by atoms with Crippen LogP contribution in [0.3, 0.4) is 0 Å². The first kappa shape index (κ1) is 15.2. The van der Waals surface area contributed by atoms with E-state index in [9.17, 15) is 4.79 Å². The number of quaternary nitrogens is 1. The van der Waals surface area contributed by atoms with E-state index in [1.807, 2.05) is 0 Å². The Hall–Kier alpha value is -0.830. The van der Waals surface area contributed by atoms with Gasteiger partial charge in [-0.25, -0.2) is 4.79 Å². The average molecular weight is 228 g/mol. The fourth-order valence-electron chi connectivity index (χ4n) is 1.93. The van der Waals surface area contributed by atoms with Gasteiger partial charge in [0, 0.05) is 6.08 Å². The second-order valence-electron chi connectivity index (χ2n) is 4.09. The monoisotopic (exact) mass is 228 g/mol. The molecule has 0 unspecified atom stereocenters. The van der Waals surface area contributed by atoms with E-state index in [0.717, 1.165) is 17.3 Å². The van der Waals surface area contributed by atoms with Crippen LogP contribution in [0.4, 0.5) is 0 Å². The van der Waals surface area contributed by atoms with E-state index in [0.29, 0.717) is 6.61 Å². The van der Waals surface area contributed by atoms with E-state index < -0.39 is 0 Å². The molecule has 0 saturated heterocycles. The minimum absolute atomic E-state index is 0.317. The summed E-state index contributed by atoms with van der Waals surface area (Å²) in [6.07, 6.45) is 3.27. The number of unbranched alkanes of at least 4 members (excludes halogenated alkanes) is 1. The first-order valence-electron chi connectivity index (χ1n) is 6.28. The molecule has 0 bridgehead atoms. The molecule has 0 aromatic heterocycles. The zero-order chi connectivity index (χ0) is 12.4. The molecular formula is C13H26NO2+. The van der Waals surface area contributed by atoms with Crippen LogP contribution in [0.2, 0.25) is 0 Å². The molecule has 3 heteroatoms. The summed E-state index contributed by atoms with van der Waals surface area (Å²) in [5.74, 6) is -0.317. The summed E-state index contributed by atoms with van der Waals surface area (Å²) in [6, 6.07) is 0. The lowest BCUT2D eigenvalue weighted by Crippen LogP contribution is -2.48. The van der Waals surface area contributed by atoms with Crippen LogP contribution < -0.4 is 0 Å². The zero-order valence-corrected chi connectivity index (χ0v) is 11.0. The highest BCUT2D eigenvalue weighted by atomic mass is 16.5. The molecule has 0 radical (unpaired) electrons. The second-order valence-corrected chi connectivity index (χ2v) is 4.09. The van der Waals surface area contributed by atoms with E-state index in [-0.39, 0.29) is 5.97 Å². The van der Waals surface area contributed by atoms with Crippen molar-refractivity contribution in [3.05, 3.63) is 12.7 Å². The Kier molecular flexibility index (Phi) is 7.90. The fourth-order valence-corrected chi connectivity index (χ4v) is 1.93. The lowest BCUT2D eigenvalue weighted by Gasteiger charge is -2.35. The van der Waals surface area contributed by atoms with E-state index in [4.69, 9.17) is 4.74 Å². The molecule has 0 aliphatic heterocycles. The van der Waals surface area contributed by atoms with Gasteiger partial charge in [0.15, 0.2) is 0 Å². The standard InChI is InChI=1S/C13H26NO2/c1-5-13(15)16-12-10-9-11-14(6-2,7-3)8-4/h5H,1,6-12H2,2-4H3/q+1. The molecule has 0 N–H and O–H groups in total. The van der Waals surface area contributed by atoms with Gasteiger partial charge in [-0.2, -0.15) is 0 Å². The minimum atomic E-state index is -0.317. The Morgan fingerprint density at radius 1 is 1.19 bits per heavy atom. The maximum Gasteiger partial charge on any atom is 0.330 e. The number of hydrogen-bond donors (Lipinski definition) is 0. The van der Waals surface area contributed by atoms with Crippen molar-refractivity contribution in [2.24, 2.45) is 0 Å². The van der Waals surface area contributed by atoms with Gasteiger partial charge >= 0.3 is 5.97 Å². The molecular weight excluding hydrogens is 202 g/mol. The third-order valence-electron chi connectivity index (χ3n) is 3.45. The molecule has 0 amide bonds. The maximum absolute atomic E-state index is 10.8. The van der Waals surface area contributed by atoms with Crippen LogP contribution in [0.25, 0.3) is 0 Å². The molecule has 0 spiro atoms. The number of carbonyl (C=O) groups is 1. The quantitative estimate of drug-likeness (QED) is 0.262. The van der Waals surface area contributed by atoms with Gasteiger partial charge in [0.25, 0.3) is 0 Å². The Morgan fingerprint density at radius 3 is 2.19 bits per heavy atom. The van der Waals surface area contributed by atoms with Gasteiger partial charge in [0.1, 0.15) is 0 Å². The normalized spacial score (nSPS) is 11.2. The van der Waals surface area contributed by atoms with Crippen LogP contribution in [0.5, 0.6) is 0 Å². The third kappa shape index (κ3) is 5.31. The lowest BCUT2D eigenvalue weighted by molar-refractivity contribution is -0.923. The van der Waals surface area contributed by atoms with Crippen LogP contribution in [-0.2, 0) is 9.53 Å². The SMILES string of the molecule is C=CC(=O)OCCCC[N+](CC)(CC)CC. The van der Waals surface area contributed by atoms with Gasteiger partial charge in [0.05, 0.1) is 32.8 Å². The van der Waals surface area contributed by atoms with Gasteiger partial charge in [-0.15, -0.1) is 0 Å². The topological polar surface area (TPSA) is 26.3 Å². The van der Waals surface area contributed by atoms with Gasteiger partial charge < -0.3 is 9.22 Å². The van der Waals surface area contributed by atoms with Crippen molar-refractivity contribution in [1.82, 2.24) is 0 Å². The highest BCUT2D eigenvalue weighted by molar-refractivity contribution is 5.81. The molecule has 0 aliphatic carbocycles. The minimum Gasteiger partial charge on any atom is -0.463 e. The van der Waals surface area contributed by atoms with Crippen molar-refractivity contribution in [3.8, 4) is 0 Å². The van der Waals surface area contributed by atoms with Crippen LogP contribution in [0.15, 0.2) is 12.7 Å². The summed E-state index contributed by atoms with van der Waals surface area (Å²) < 4.78 is 6.11. The molecule has 0 atom stereocenters. The Labute approximate surface area is 99.7 Å². The lowest BCUT2D eigenvalue weighted by atomic mass is 10.2. The molecule has 0 heterocycles. The maximum atomic E-state index is 10.8. The third-order valence-corrected chi connectivity index (χ3v) is 3.45. The van der Waals surface area contributed by atoms with Crippen molar-refractivity contribution in [2.75, 3.05) is 32.8 Å². The first-order chi connectivity index (χ1) is 7.64.